The van der Waals surface area contributed by atoms with Gasteiger partial charge in [0.05, 0.1) is 32.3 Å². The predicted octanol–water partition coefficient (Wildman–Crippen LogP) is 5.56. The molecule has 9 nitrogen and oxygen atoms in total. The Labute approximate surface area is 224 Å². The third-order valence-corrected chi connectivity index (χ3v) is 6.81. The summed E-state index contributed by atoms with van der Waals surface area (Å²) in [5, 5.41) is 13.5. The van der Waals surface area contributed by atoms with Gasteiger partial charge in [0.1, 0.15) is 17.2 Å². The van der Waals surface area contributed by atoms with Crippen molar-refractivity contribution in [3.8, 4) is 34.3 Å². The van der Waals surface area contributed by atoms with Crippen molar-refractivity contribution in [3.05, 3.63) is 72.9 Å². The minimum atomic E-state index is -0.212. The summed E-state index contributed by atoms with van der Waals surface area (Å²) >= 11 is 1.29. The van der Waals surface area contributed by atoms with Crippen molar-refractivity contribution in [2.45, 2.75) is 12.1 Å². The number of carbonyl (C=O) groups excluding carboxylic acids is 1. The van der Waals surface area contributed by atoms with Crippen LogP contribution in [-0.2, 0) is 4.79 Å². The third kappa shape index (κ3) is 5.16. The molecule has 2 heterocycles. The first-order valence-electron chi connectivity index (χ1n) is 12.0. The van der Waals surface area contributed by atoms with Crippen molar-refractivity contribution in [1.82, 2.24) is 19.7 Å². The van der Waals surface area contributed by atoms with Gasteiger partial charge in [-0.2, -0.15) is 0 Å². The highest BCUT2D eigenvalue weighted by molar-refractivity contribution is 7.99. The SMILES string of the molecule is CCOc1ccc(-n2c(SCC(=O)Nc3cc(OC)ccc3OC)nnc2-c2c[nH]c3ccccc23)cc1. The number of amides is 1. The maximum atomic E-state index is 12.9. The van der Waals surface area contributed by atoms with E-state index in [0.717, 1.165) is 27.9 Å². The van der Waals surface area contributed by atoms with E-state index in [1.54, 1.807) is 32.4 Å². The second kappa shape index (κ2) is 11.3. The van der Waals surface area contributed by atoms with Crippen LogP contribution in [0.1, 0.15) is 6.92 Å². The minimum absolute atomic E-state index is 0.114. The maximum absolute atomic E-state index is 12.9. The Hall–Kier alpha value is -4.44. The fourth-order valence-electron chi connectivity index (χ4n) is 4.11. The van der Waals surface area contributed by atoms with Crippen molar-refractivity contribution in [1.29, 1.82) is 0 Å². The number of thioether (sulfide) groups is 1. The van der Waals surface area contributed by atoms with Gasteiger partial charge in [-0.3, -0.25) is 9.36 Å². The molecule has 2 N–H and O–H groups in total. The molecule has 3 aromatic carbocycles. The molecular formula is C28H27N5O4S. The van der Waals surface area contributed by atoms with Gasteiger partial charge >= 0.3 is 0 Å². The van der Waals surface area contributed by atoms with E-state index >= 15 is 0 Å². The van der Waals surface area contributed by atoms with Gasteiger partial charge in [0.25, 0.3) is 0 Å². The molecular weight excluding hydrogens is 502 g/mol. The van der Waals surface area contributed by atoms with Gasteiger partial charge in [-0.25, -0.2) is 0 Å². The molecule has 0 aliphatic carbocycles. The number of methoxy groups -OCH3 is 2. The van der Waals surface area contributed by atoms with Crippen LogP contribution >= 0.6 is 11.8 Å². The molecule has 5 rings (SSSR count). The van der Waals surface area contributed by atoms with Gasteiger partial charge in [0.15, 0.2) is 11.0 Å². The van der Waals surface area contributed by atoms with Gasteiger partial charge < -0.3 is 24.5 Å². The lowest BCUT2D eigenvalue weighted by Crippen LogP contribution is -2.15. The third-order valence-electron chi connectivity index (χ3n) is 5.88. The van der Waals surface area contributed by atoms with Crippen LogP contribution in [0.4, 0.5) is 5.69 Å². The quantitative estimate of drug-likeness (QED) is 0.228. The van der Waals surface area contributed by atoms with Crippen molar-refractivity contribution in [2.24, 2.45) is 0 Å². The van der Waals surface area contributed by atoms with Gasteiger partial charge in [0, 0.05) is 34.4 Å². The first-order chi connectivity index (χ1) is 18.6. The molecule has 194 valence electrons. The van der Waals surface area contributed by atoms with Crippen LogP contribution in [0.2, 0.25) is 0 Å². The highest BCUT2D eigenvalue weighted by Crippen LogP contribution is 2.33. The average molecular weight is 530 g/mol. The Morgan fingerprint density at radius 2 is 1.79 bits per heavy atom. The second-order valence-corrected chi connectivity index (χ2v) is 9.16. The monoisotopic (exact) mass is 529 g/mol. The number of hydrogen-bond donors (Lipinski definition) is 2. The lowest BCUT2D eigenvalue weighted by molar-refractivity contribution is -0.113. The van der Waals surface area contributed by atoms with Crippen LogP contribution in [-0.4, -0.2) is 52.2 Å². The Bertz CT molecular complexity index is 1560. The number of aromatic amines is 1. The molecule has 38 heavy (non-hydrogen) atoms. The largest absolute Gasteiger partial charge is 0.497 e. The summed E-state index contributed by atoms with van der Waals surface area (Å²) in [6.45, 7) is 2.53. The number of para-hydroxylation sites is 1. The number of benzene rings is 3. The molecule has 0 spiro atoms. The first-order valence-corrected chi connectivity index (χ1v) is 13.0. The summed E-state index contributed by atoms with van der Waals surface area (Å²) in [6, 6.07) is 21.0. The molecule has 0 aliphatic rings. The Morgan fingerprint density at radius 1 is 1.00 bits per heavy atom. The van der Waals surface area contributed by atoms with Crippen LogP contribution in [0.3, 0.4) is 0 Å². The molecule has 10 heteroatoms. The standard InChI is InChI=1S/C28H27N5O4S/c1-4-37-19-11-9-18(10-12-19)33-27(22-16-29-23-8-6-5-7-21(22)23)31-32-28(33)38-17-26(34)30-24-15-20(35-2)13-14-25(24)36-3/h5-16,29H,4,17H2,1-3H3,(H,30,34). The van der Waals surface area contributed by atoms with Crippen LogP contribution in [0.25, 0.3) is 28.0 Å². The normalized spacial score (nSPS) is 10.9. The zero-order chi connectivity index (χ0) is 26.5. The molecule has 0 radical (unpaired) electrons. The van der Waals surface area contributed by atoms with E-state index in [-0.39, 0.29) is 11.7 Å². The van der Waals surface area contributed by atoms with Crippen molar-refractivity contribution < 1.29 is 19.0 Å². The summed E-state index contributed by atoms with van der Waals surface area (Å²) in [4.78, 5) is 16.2. The maximum Gasteiger partial charge on any atom is 0.234 e. The van der Waals surface area contributed by atoms with Crippen molar-refractivity contribution >= 4 is 34.3 Å². The topological polar surface area (TPSA) is 103 Å². The molecule has 0 saturated heterocycles. The molecule has 5 aromatic rings. The van der Waals surface area contributed by atoms with E-state index in [2.05, 4.69) is 20.5 Å². The number of carbonyl (C=O) groups is 1. The molecule has 0 fully saturated rings. The number of fused-ring (bicyclic) bond motifs is 1. The van der Waals surface area contributed by atoms with Gasteiger partial charge in [-0.1, -0.05) is 30.0 Å². The second-order valence-electron chi connectivity index (χ2n) is 8.22. The van der Waals surface area contributed by atoms with Gasteiger partial charge in [-0.15, -0.1) is 10.2 Å². The van der Waals surface area contributed by atoms with E-state index in [1.807, 2.05) is 66.2 Å². The highest BCUT2D eigenvalue weighted by Gasteiger charge is 2.20. The highest BCUT2D eigenvalue weighted by atomic mass is 32.2. The molecule has 0 atom stereocenters. The zero-order valence-electron chi connectivity index (χ0n) is 21.2. The van der Waals surface area contributed by atoms with E-state index in [0.29, 0.717) is 34.8 Å². The average Bonchev–Trinajstić information content (AvgIpc) is 3.56. The summed E-state index contributed by atoms with van der Waals surface area (Å²) in [5.74, 6) is 2.51. The number of hydrogen-bond acceptors (Lipinski definition) is 7. The number of rotatable bonds is 10. The fourth-order valence-corrected chi connectivity index (χ4v) is 4.87. The summed E-state index contributed by atoms with van der Waals surface area (Å²) in [5.41, 5.74) is 3.31. The van der Waals surface area contributed by atoms with Crippen molar-refractivity contribution in [3.63, 3.8) is 0 Å². The molecule has 2 aromatic heterocycles. The Balaban J connectivity index is 1.45. The lowest BCUT2D eigenvalue weighted by atomic mass is 10.1. The number of nitrogens with one attached hydrogen (secondary N) is 2. The van der Waals surface area contributed by atoms with Crippen LogP contribution in [0.15, 0.2) is 78.1 Å². The molecule has 0 unspecified atom stereocenters. The van der Waals surface area contributed by atoms with Crippen LogP contribution in [0.5, 0.6) is 17.2 Å². The van der Waals surface area contributed by atoms with Gasteiger partial charge in [-0.05, 0) is 49.4 Å². The van der Waals surface area contributed by atoms with E-state index in [9.17, 15) is 4.79 Å². The molecule has 0 aliphatic heterocycles. The van der Waals surface area contributed by atoms with Crippen molar-refractivity contribution in [2.75, 3.05) is 31.9 Å². The Kier molecular flexibility index (Phi) is 7.50. The smallest absolute Gasteiger partial charge is 0.234 e. The summed E-state index contributed by atoms with van der Waals surface area (Å²) < 4.78 is 18.2. The predicted molar refractivity (Wildman–Crippen MR) is 149 cm³/mol. The number of anilines is 1. The molecule has 0 bridgehead atoms. The summed E-state index contributed by atoms with van der Waals surface area (Å²) in [6.07, 6.45) is 1.93. The van der Waals surface area contributed by atoms with E-state index in [1.165, 1.54) is 11.8 Å². The first kappa shape index (κ1) is 25.2. The number of nitrogens with zero attached hydrogens (tertiary/aromatic N) is 3. The number of ether oxygens (including phenoxy) is 3. The molecule has 1 amide bonds. The van der Waals surface area contributed by atoms with Crippen LogP contribution < -0.4 is 19.5 Å². The summed E-state index contributed by atoms with van der Waals surface area (Å²) in [7, 11) is 3.13. The Morgan fingerprint density at radius 3 is 2.55 bits per heavy atom. The molecule has 0 saturated carbocycles. The zero-order valence-corrected chi connectivity index (χ0v) is 22.0. The number of aromatic nitrogens is 4. The van der Waals surface area contributed by atoms with E-state index in [4.69, 9.17) is 14.2 Å². The number of H-pyrrole nitrogens is 1. The lowest BCUT2D eigenvalue weighted by Gasteiger charge is -2.13. The van der Waals surface area contributed by atoms with Crippen LogP contribution in [0, 0.1) is 0 Å². The van der Waals surface area contributed by atoms with Gasteiger partial charge in [0.2, 0.25) is 5.91 Å². The fraction of sp³-hybridized carbons (Fsp3) is 0.179. The minimum Gasteiger partial charge on any atom is -0.497 e. The van der Waals surface area contributed by atoms with E-state index < -0.39 is 0 Å².